The van der Waals surface area contributed by atoms with E-state index in [4.69, 9.17) is 9.40 Å². The van der Waals surface area contributed by atoms with Crippen molar-refractivity contribution in [2.45, 2.75) is 0 Å². The average molecular weight is 632 g/mol. The quantitative estimate of drug-likeness (QED) is 0.194. The van der Waals surface area contributed by atoms with Crippen molar-refractivity contribution in [3.63, 3.8) is 0 Å². The van der Waals surface area contributed by atoms with E-state index in [1.165, 1.54) is 52.9 Å². The summed E-state index contributed by atoms with van der Waals surface area (Å²) in [7, 11) is 0. The Kier molecular flexibility index (Phi) is 5.23. The topological polar surface area (TPSA) is 35.9 Å². The molecule has 0 fully saturated rings. The number of fused-ring (bicyclic) bond motifs is 11. The van der Waals surface area contributed by atoms with Crippen LogP contribution in [0.5, 0.6) is 0 Å². The molecule has 0 atom stereocenters. The zero-order valence-electron chi connectivity index (χ0n) is 25.6. The monoisotopic (exact) mass is 631 g/mol. The fourth-order valence-corrected chi connectivity index (χ4v) is 8.75. The maximum atomic E-state index is 6.76. The third-order valence-corrected chi connectivity index (χ3v) is 10.9. The standard InChI is InChI=1S/C43H25N3OS/c1-2-10-28(11-3-1)45-35-15-7-5-13-30(35)33-24-26(19-22-37(33)45)27-18-20-31-29-12-4-8-16-36(29)46(38(31)25-27)43-44-34-21-23-40-41(42(34)47-43)32-14-6-9-17-39(32)48-40/h1-25H. The molecule has 11 rings (SSSR count). The normalized spacial score (nSPS) is 12.2. The zero-order chi connectivity index (χ0) is 31.3. The van der Waals surface area contributed by atoms with Gasteiger partial charge in [-0.1, -0.05) is 91.0 Å². The highest BCUT2D eigenvalue weighted by molar-refractivity contribution is 7.26. The summed E-state index contributed by atoms with van der Waals surface area (Å²) in [4.78, 5) is 5.10. The van der Waals surface area contributed by atoms with Crippen LogP contribution in [0.4, 0.5) is 0 Å². The molecule has 0 amide bonds. The van der Waals surface area contributed by atoms with E-state index < -0.39 is 0 Å². The zero-order valence-corrected chi connectivity index (χ0v) is 26.4. The first-order chi connectivity index (χ1) is 23.8. The van der Waals surface area contributed by atoms with Gasteiger partial charge in [-0.3, -0.25) is 4.57 Å². The van der Waals surface area contributed by atoms with Crippen LogP contribution in [0.1, 0.15) is 0 Å². The molecule has 0 radical (unpaired) electrons. The van der Waals surface area contributed by atoms with Gasteiger partial charge in [0.15, 0.2) is 5.58 Å². The Hall–Kier alpha value is -6.17. The van der Waals surface area contributed by atoms with Gasteiger partial charge in [0.05, 0.1) is 22.1 Å². The fraction of sp³-hybridized carbons (Fsp3) is 0. The second-order valence-electron chi connectivity index (χ2n) is 12.4. The molecular weight excluding hydrogens is 607 g/mol. The second kappa shape index (κ2) is 9.67. The maximum absolute atomic E-state index is 6.76. The van der Waals surface area contributed by atoms with Crippen molar-refractivity contribution in [1.29, 1.82) is 0 Å². The molecule has 0 spiro atoms. The molecule has 11 aromatic rings. The summed E-state index contributed by atoms with van der Waals surface area (Å²) in [5, 5.41) is 7.17. The minimum absolute atomic E-state index is 0.581. The number of rotatable bonds is 3. The second-order valence-corrected chi connectivity index (χ2v) is 13.5. The number of hydrogen-bond acceptors (Lipinski definition) is 3. The Labute approximate surface area is 278 Å². The molecule has 0 N–H and O–H groups in total. The van der Waals surface area contributed by atoms with Crippen molar-refractivity contribution in [1.82, 2.24) is 14.1 Å². The van der Waals surface area contributed by atoms with Crippen LogP contribution in [0.3, 0.4) is 0 Å². The fourth-order valence-electron chi connectivity index (χ4n) is 7.64. The molecule has 224 valence electrons. The van der Waals surface area contributed by atoms with E-state index in [9.17, 15) is 0 Å². The molecule has 48 heavy (non-hydrogen) atoms. The maximum Gasteiger partial charge on any atom is 0.307 e. The largest absolute Gasteiger partial charge is 0.422 e. The van der Waals surface area contributed by atoms with E-state index in [0.717, 1.165) is 38.8 Å². The van der Waals surface area contributed by atoms with Gasteiger partial charge in [-0.25, -0.2) is 0 Å². The average Bonchev–Trinajstić information content (AvgIpc) is 3.90. The van der Waals surface area contributed by atoms with Crippen molar-refractivity contribution in [3.8, 4) is 22.8 Å². The Morgan fingerprint density at radius 3 is 1.96 bits per heavy atom. The highest BCUT2D eigenvalue weighted by atomic mass is 32.1. The summed E-state index contributed by atoms with van der Waals surface area (Å²) >= 11 is 1.79. The number of benzene rings is 7. The summed E-state index contributed by atoms with van der Waals surface area (Å²) in [6.07, 6.45) is 0. The van der Waals surface area contributed by atoms with Crippen LogP contribution in [0, 0.1) is 0 Å². The third kappa shape index (κ3) is 3.56. The lowest BCUT2D eigenvalue weighted by Crippen LogP contribution is -1.94. The van der Waals surface area contributed by atoms with E-state index in [-0.39, 0.29) is 0 Å². The number of nitrogens with zero attached hydrogens (tertiary/aromatic N) is 3. The molecule has 0 bridgehead atoms. The number of oxazole rings is 1. The van der Waals surface area contributed by atoms with Crippen molar-refractivity contribution in [2.24, 2.45) is 0 Å². The lowest BCUT2D eigenvalue weighted by molar-refractivity contribution is 0.577. The van der Waals surface area contributed by atoms with Gasteiger partial charge < -0.3 is 8.98 Å². The Morgan fingerprint density at radius 2 is 1.10 bits per heavy atom. The van der Waals surface area contributed by atoms with Gasteiger partial charge in [0.2, 0.25) is 0 Å². The first kappa shape index (κ1) is 26.0. The van der Waals surface area contributed by atoms with Crippen LogP contribution in [-0.2, 0) is 0 Å². The number of aromatic nitrogens is 3. The van der Waals surface area contributed by atoms with Gasteiger partial charge in [-0.2, -0.15) is 4.98 Å². The van der Waals surface area contributed by atoms with E-state index in [1.807, 2.05) is 0 Å². The molecule has 7 aromatic carbocycles. The smallest absolute Gasteiger partial charge is 0.307 e. The molecule has 0 saturated carbocycles. The SMILES string of the molecule is c1ccc(-n2c3ccccc3c3cc(-c4ccc5c6ccccc6n(-c6nc7ccc8sc9ccccc9c8c7o6)c5c4)ccc32)cc1. The van der Waals surface area contributed by atoms with Gasteiger partial charge in [0.25, 0.3) is 0 Å². The minimum atomic E-state index is 0.581. The summed E-state index contributed by atoms with van der Waals surface area (Å²) in [5.74, 6) is 0. The number of hydrogen-bond donors (Lipinski definition) is 0. The predicted molar refractivity (Wildman–Crippen MR) is 201 cm³/mol. The van der Waals surface area contributed by atoms with Crippen LogP contribution >= 0.6 is 11.3 Å². The minimum Gasteiger partial charge on any atom is -0.422 e. The molecule has 4 nitrogen and oxygen atoms in total. The van der Waals surface area contributed by atoms with Crippen molar-refractivity contribution < 1.29 is 4.42 Å². The van der Waals surface area contributed by atoms with Crippen LogP contribution in [0.15, 0.2) is 156 Å². The van der Waals surface area contributed by atoms with Crippen LogP contribution in [0.2, 0.25) is 0 Å². The molecule has 0 unspecified atom stereocenters. The van der Waals surface area contributed by atoms with Crippen LogP contribution in [-0.4, -0.2) is 14.1 Å². The lowest BCUT2D eigenvalue weighted by atomic mass is 10.0. The summed E-state index contributed by atoms with van der Waals surface area (Å²) in [6.45, 7) is 0. The molecule has 0 aliphatic rings. The van der Waals surface area contributed by atoms with Gasteiger partial charge in [-0.15, -0.1) is 11.3 Å². The van der Waals surface area contributed by atoms with E-state index in [1.54, 1.807) is 11.3 Å². The van der Waals surface area contributed by atoms with Crippen molar-refractivity contribution >= 4 is 86.2 Å². The van der Waals surface area contributed by atoms with Gasteiger partial charge in [-0.05, 0) is 71.8 Å². The summed E-state index contributed by atoms with van der Waals surface area (Å²) in [5.41, 5.74) is 9.71. The van der Waals surface area contributed by atoms with Gasteiger partial charge in [0, 0.05) is 47.4 Å². The third-order valence-electron chi connectivity index (χ3n) is 9.77. The highest BCUT2D eigenvalue weighted by Crippen LogP contribution is 2.41. The first-order valence-corrected chi connectivity index (χ1v) is 17.0. The van der Waals surface area contributed by atoms with E-state index in [2.05, 4.69) is 161 Å². The molecule has 0 aliphatic carbocycles. The summed E-state index contributed by atoms with van der Waals surface area (Å²) in [6, 6.07) is 54.8. The van der Waals surface area contributed by atoms with Crippen molar-refractivity contribution in [3.05, 3.63) is 152 Å². The predicted octanol–water partition coefficient (Wildman–Crippen LogP) is 12.1. The van der Waals surface area contributed by atoms with Gasteiger partial charge in [0.1, 0.15) is 5.52 Å². The molecular formula is C43H25N3OS. The number of thiophene rings is 1. The lowest BCUT2D eigenvalue weighted by Gasteiger charge is -2.08. The molecule has 4 aromatic heterocycles. The van der Waals surface area contributed by atoms with E-state index in [0.29, 0.717) is 6.01 Å². The Morgan fingerprint density at radius 1 is 0.458 bits per heavy atom. The first-order valence-electron chi connectivity index (χ1n) is 16.1. The van der Waals surface area contributed by atoms with Crippen LogP contribution < -0.4 is 0 Å². The van der Waals surface area contributed by atoms with Crippen LogP contribution in [0.25, 0.3) is 97.7 Å². The molecule has 0 aliphatic heterocycles. The molecule has 0 saturated heterocycles. The van der Waals surface area contributed by atoms with E-state index >= 15 is 0 Å². The van der Waals surface area contributed by atoms with Crippen molar-refractivity contribution in [2.75, 3.05) is 0 Å². The number of para-hydroxylation sites is 3. The summed E-state index contributed by atoms with van der Waals surface area (Å²) < 4.78 is 13.8. The van der Waals surface area contributed by atoms with Gasteiger partial charge >= 0.3 is 6.01 Å². The highest BCUT2D eigenvalue weighted by Gasteiger charge is 2.20. The molecule has 4 heterocycles. The molecule has 5 heteroatoms. The Bertz CT molecular complexity index is 3070. The Balaban J connectivity index is 1.15.